The largest absolute Gasteiger partial charge is 0.327 e. The molecule has 0 saturated carbocycles. The van der Waals surface area contributed by atoms with Crippen molar-refractivity contribution in [2.75, 3.05) is 5.43 Å². The highest BCUT2D eigenvalue weighted by atomic mass is 32.1. The van der Waals surface area contributed by atoms with Crippen molar-refractivity contribution in [3.63, 3.8) is 0 Å². The predicted molar refractivity (Wildman–Crippen MR) is 101 cm³/mol. The van der Waals surface area contributed by atoms with E-state index >= 15 is 0 Å². The van der Waals surface area contributed by atoms with Gasteiger partial charge in [-0.05, 0) is 13.0 Å². The summed E-state index contributed by atoms with van der Waals surface area (Å²) in [5, 5.41) is 25.8. The van der Waals surface area contributed by atoms with E-state index in [1.165, 1.54) is 22.8 Å². The molecule has 0 saturated heterocycles. The lowest BCUT2D eigenvalue weighted by molar-refractivity contribution is -0.384. The van der Waals surface area contributed by atoms with Gasteiger partial charge in [0.1, 0.15) is 5.52 Å². The molecule has 0 fully saturated rings. The fourth-order valence-corrected chi connectivity index (χ4v) is 3.46. The Labute approximate surface area is 151 Å². The van der Waals surface area contributed by atoms with Crippen molar-refractivity contribution in [3.05, 3.63) is 50.7 Å². The van der Waals surface area contributed by atoms with Crippen molar-refractivity contribution in [2.45, 2.75) is 6.92 Å². The van der Waals surface area contributed by atoms with Crippen molar-refractivity contribution < 1.29 is 4.92 Å². The van der Waals surface area contributed by atoms with Gasteiger partial charge in [-0.15, -0.1) is 21.5 Å². The molecule has 0 aliphatic rings. The Bertz CT molecular complexity index is 1180. The number of nitro groups is 1. The quantitative estimate of drug-likeness (QED) is 0.336. The van der Waals surface area contributed by atoms with Gasteiger partial charge in [-0.3, -0.25) is 10.1 Å². The van der Waals surface area contributed by atoms with Crippen LogP contribution in [0.2, 0.25) is 0 Å². The fraction of sp³-hybridized carbons (Fsp3) is 0.125. The fourth-order valence-electron chi connectivity index (χ4n) is 2.65. The highest BCUT2D eigenvalue weighted by Gasteiger charge is 2.13. The lowest BCUT2D eigenvalue weighted by Gasteiger charge is -2.01. The molecule has 1 aromatic carbocycles. The molecule has 0 aliphatic heterocycles. The number of thiophene rings is 1. The number of benzene rings is 1. The third kappa shape index (κ3) is 2.65. The number of fused-ring (bicyclic) bond motifs is 3. The van der Waals surface area contributed by atoms with Gasteiger partial charge in [0, 0.05) is 18.5 Å². The van der Waals surface area contributed by atoms with E-state index < -0.39 is 4.92 Å². The zero-order valence-electron chi connectivity index (χ0n) is 13.9. The average molecular weight is 367 g/mol. The molecule has 26 heavy (non-hydrogen) atoms. The third-order valence-electron chi connectivity index (χ3n) is 3.98. The summed E-state index contributed by atoms with van der Waals surface area (Å²) in [7, 11) is 1.92. The SMILES string of the molecule is C/C(=N/Nc1nnc2c3ccccc3n(C)c2n1)c1cc([N+](=O)[O-])cs1. The molecule has 0 atom stereocenters. The Balaban J connectivity index is 1.65. The summed E-state index contributed by atoms with van der Waals surface area (Å²) >= 11 is 1.26. The molecule has 4 rings (SSSR count). The second kappa shape index (κ2) is 6.15. The molecule has 4 aromatic rings. The van der Waals surface area contributed by atoms with Crippen LogP contribution in [0.15, 0.2) is 40.8 Å². The van der Waals surface area contributed by atoms with E-state index in [4.69, 9.17) is 0 Å². The Morgan fingerprint density at radius 2 is 2.15 bits per heavy atom. The Morgan fingerprint density at radius 3 is 2.92 bits per heavy atom. The molecule has 3 heterocycles. The first kappa shape index (κ1) is 16.1. The third-order valence-corrected chi connectivity index (χ3v) is 5.01. The number of hydrazone groups is 1. The molecule has 0 radical (unpaired) electrons. The van der Waals surface area contributed by atoms with Crippen LogP contribution in [-0.2, 0) is 7.05 Å². The smallest absolute Gasteiger partial charge is 0.280 e. The molecule has 9 nitrogen and oxygen atoms in total. The topological polar surface area (TPSA) is 111 Å². The Morgan fingerprint density at radius 1 is 1.35 bits per heavy atom. The molecule has 0 unspecified atom stereocenters. The molecule has 3 aromatic heterocycles. The number of nitrogens with one attached hydrogen (secondary N) is 1. The van der Waals surface area contributed by atoms with Crippen molar-refractivity contribution in [2.24, 2.45) is 12.1 Å². The summed E-state index contributed by atoms with van der Waals surface area (Å²) in [5.74, 6) is 0.258. The van der Waals surface area contributed by atoms with Crippen LogP contribution in [0.4, 0.5) is 11.6 Å². The predicted octanol–water partition coefficient (Wildman–Crippen LogP) is 3.32. The number of rotatable bonds is 4. The molecule has 1 N–H and O–H groups in total. The first-order chi connectivity index (χ1) is 12.5. The monoisotopic (exact) mass is 367 g/mol. The van der Waals surface area contributed by atoms with Crippen LogP contribution in [-0.4, -0.2) is 30.4 Å². The summed E-state index contributed by atoms with van der Waals surface area (Å²) in [6, 6.07) is 9.37. The Hall–Kier alpha value is -3.40. The highest BCUT2D eigenvalue weighted by Crippen LogP contribution is 2.25. The Kier molecular flexibility index (Phi) is 3.81. The van der Waals surface area contributed by atoms with Gasteiger partial charge in [0.2, 0.25) is 0 Å². The van der Waals surface area contributed by atoms with Crippen LogP contribution < -0.4 is 5.43 Å². The summed E-state index contributed by atoms with van der Waals surface area (Å²) in [6.45, 7) is 1.76. The van der Waals surface area contributed by atoms with Crippen molar-refractivity contribution >= 4 is 50.8 Å². The van der Waals surface area contributed by atoms with E-state index in [0.29, 0.717) is 16.2 Å². The number of nitrogens with zero attached hydrogens (tertiary/aromatic N) is 6. The zero-order valence-corrected chi connectivity index (χ0v) is 14.7. The maximum Gasteiger partial charge on any atom is 0.280 e. The van der Waals surface area contributed by atoms with Gasteiger partial charge in [-0.2, -0.15) is 10.1 Å². The van der Waals surface area contributed by atoms with E-state index in [1.54, 1.807) is 6.92 Å². The van der Waals surface area contributed by atoms with E-state index in [2.05, 4.69) is 25.7 Å². The second-order valence-electron chi connectivity index (χ2n) is 5.62. The summed E-state index contributed by atoms with van der Waals surface area (Å²) < 4.78 is 1.95. The minimum absolute atomic E-state index is 0.0504. The maximum atomic E-state index is 10.8. The number of hydrogen-bond acceptors (Lipinski definition) is 8. The van der Waals surface area contributed by atoms with Crippen LogP contribution in [0.1, 0.15) is 11.8 Å². The number of aryl methyl sites for hydroxylation is 1. The van der Waals surface area contributed by atoms with Crippen molar-refractivity contribution in [1.82, 2.24) is 19.7 Å². The van der Waals surface area contributed by atoms with Gasteiger partial charge in [-0.25, -0.2) is 5.43 Å². The summed E-state index contributed by atoms with van der Waals surface area (Å²) in [6.07, 6.45) is 0. The van der Waals surface area contributed by atoms with Crippen LogP contribution in [0.3, 0.4) is 0 Å². The van der Waals surface area contributed by atoms with Gasteiger partial charge in [0.15, 0.2) is 5.65 Å². The first-order valence-electron chi connectivity index (χ1n) is 7.66. The normalized spacial score (nSPS) is 12.0. The molecule has 0 aliphatic carbocycles. The molecule has 0 amide bonds. The first-order valence-corrected chi connectivity index (χ1v) is 8.54. The molecular weight excluding hydrogens is 354 g/mol. The van der Waals surface area contributed by atoms with E-state index in [1.807, 2.05) is 35.9 Å². The number of para-hydroxylation sites is 1. The zero-order chi connectivity index (χ0) is 18.3. The minimum Gasteiger partial charge on any atom is -0.327 e. The van der Waals surface area contributed by atoms with Crippen LogP contribution in [0.5, 0.6) is 0 Å². The number of hydrogen-bond donors (Lipinski definition) is 1. The molecular formula is C16H13N7O2S. The van der Waals surface area contributed by atoms with E-state index in [-0.39, 0.29) is 11.6 Å². The second-order valence-corrected chi connectivity index (χ2v) is 6.53. The lowest BCUT2D eigenvalue weighted by Crippen LogP contribution is -2.03. The van der Waals surface area contributed by atoms with Crippen LogP contribution >= 0.6 is 11.3 Å². The molecule has 130 valence electrons. The van der Waals surface area contributed by atoms with E-state index in [0.717, 1.165) is 16.4 Å². The van der Waals surface area contributed by atoms with E-state index in [9.17, 15) is 10.1 Å². The van der Waals surface area contributed by atoms with Gasteiger partial charge in [0.25, 0.3) is 11.6 Å². The van der Waals surface area contributed by atoms with Crippen LogP contribution in [0.25, 0.3) is 22.1 Å². The molecule has 0 spiro atoms. The molecule has 10 heteroatoms. The van der Waals surface area contributed by atoms with Crippen molar-refractivity contribution in [1.29, 1.82) is 0 Å². The number of anilines is 1. The van der Waals surface area contributed by atoms with Crippen LogP contribution in [0, 0.1) is 10.1 Å². The summed E-state index contributed by atoms with van der Waals surface area (Å²) in [4.78, 5) is 15.5. The van der Waals surface area contributed by atoms with Gasteiger partial charge < -0.3 is 4.57 Å². The highest BCUT2D eigenvalue weighted by molar-refractivity contribution is 7.12. The van der Waals surface area contributed by atoms with Gasteiger partial charge in [0.05, 0.1) is 26.4 Å². The number of aromatic nitrogens is 4. The maximum absolute atomic E-state index is 10.8. The molecule has 0 bridgehead atoms. The van der Waals surface area contributed by atoms with Crippen molar-refractivity contribution in [3.8, 4) is 0 Å². The standard InChI is InChI=1S/C16H13N7O2S/c1-9(13-7-10(8-26-13)23(24)25)18-20-16-17-15-14(19-21-16)11-5-3-4-6-12(11)22(15)2/h3-8H,1-2H3,(H,17,20,21)/b18-9-. The van der Waals surface area contributed by atoms with Gasteiger partial charge in [-0.1, -0.05) is 18.2 Å². The summed E-state index contributed by atoms with van der Waals surface area (Å²) in [5.41, 5.74) is 5.87. The van der Waals surface area contributed by atoms with Gasteiger partial charge >= 0.3 is 0 Å². The lowest BCUT2D eigenvalue weighted by atomic mass is 10.2. The average Bonchev–Trinajstić information content (AvgIpc) is 3.25. The minimum atomic E-state index is -0.429.